The molecule has 0 spiro atoms. The molecule has 0 heterocycles. The van der Waals surface area contributed by atoms with Gasteiger partial charge < -0.3 is 4.90 Å². The number of hydrogen-bond donors (Lipinski definition) is 0. The molecule has 10 aromatic rings. The Morgan fingerprint density at radius 2 is 0.769 bits per heavy atom. The Morgan fingerprint density at radius 3 is 1.42 bits per heavy atom. The van der Waals surface area contributed by atoms with E-state index in [-0.39, 0.29) is 0 Å². The van der Waals surface area contributed by atoms with Gasteiger partial charge in [-0.1, -0.05) is 139 Å². The number of rotatable bonds is 5. The number of hydrogen-bond acceptors (Lipinski definition) is 1. The molecule has 0 amide bonds. The molecule has 0 aromatic heterocycles. The zero-order valence-corrected chi connectivity index (χ0v) is 28.9. The first-order valence-electron chi connectivity index (χ1n) is 18.0. The first-order chi connectivity index (χ1) is 25.7. The smallest absolute Gasteiger partial charge is 0.0468 e. The first kappa shape index (κ1) is 30.2. The molecule has 10 aromatic carbocycles. The summed E-state index contributed by atoms with van der Waals surface area (Å²) in [5.74, 6) is 0. The second kappa shape index (κ2) is 12.3. The highest BCUT2D eigenvalue weighted by molar-refractivity contribution is 6.26. The van der Waals surface area contributed by atoms with Crippen molar-refractivity contribution in [3.63, 3.8) is 0 Å². The van der Waals surface area contributed by atoms with Crippen LogP contribution in [0.15, 0.2) is 194 Å². The van der Waals surface area contributed by atoms with E-state index in [0.717, 1.165) is 17.1 Å². The van der Waals surface area contributed by atoms with Gasteiger partial charge in [0.15, 0.2) is 0 Å². The molecule has 0 saturated heterocycles. The van der Waals surface area contributed by atoms with Gasteiger partial charge in [-0.3, -0.25) is 0 Å². The van der Waals surface area contributed by atoms with Gasteiger partial charge in [0.05, 0.1) is 0 Å². The molecule has 0 saturated carbocycles. The summed E-state index contributed by atoms with van der Waals surface area (Å²) < 4.78 is 0. The minimum atomic E-state index is 1.14. The zero-order valence-electron chi connectivity index (χ0n) is 28.9. The fourth-order valence-electron chi connectivity index (χ4n) is 8.07. The number of fused-ring (bicyclic) bond motifs is 7. The van der Waals surface area contributed by atoms with E-state index in [2.05, 4.69) is 206 Å². The summed E-state index contributed by atoms with van der Waals surface area (Å²) >= 11 is 0. The second-order valence-electron chi connectivity index (χ2n) is 13.9. The largest absolute Gasteiger partial charge is 0.310 e. The lowest BCUT2D eigenvalue weighted by atomic mass is 9.87. The van der Waals surface area contributed by atoms with Gasteiger partial charge in [0, 0.05) is 17.1 Å². The molecule has 0 aliphatic heterocycles. The molecule has 0 aliphatic rings. The lowest BCUT2D eigenvalue weighted by Gasteiger charge is -2.26. The standard InChI is InChI=1S/C51H35N/c1-34-19-26-43(27-20-34)52(42-13-3-2-4-14-42)44-28-25-37-30-40(24-22-38(37)31-44)50-33-41-32-49(39-23-21-35-11-5-6-12-36(35)29-39)45-15-7-9-17-47(45)51(41)48-18-10-8-16-46(48)50/h2-33H,1H3. The predicted molar refractivity (Wildman–Crippen MR) is 224 cm³/mol. The molecule has 244 valence electrons. The van der Waals surface area contributed by atoms with E-state index < -0.39 is 0 Å². The highest BCUT2D eigenvalue weighted by Crippen LogP contribution is 2.43. The highest BCUT2D eigenvalue weighted by atomic mass is 15.1. The van der Waals surface area contributed by atoms with Crippen molar-refractivity contribution in [1.29, 1.82) is 0 Å². The summed E-state index contributed by atoms with van der Waals surface area (Å²) in [6.07, 6.45) is 0. The number of para-hydroxylation sites is 1. The normalized spacial score (nSPS) is 11.6. The Morgan fingerprint density at radius 1 is 0.308 bits per heavy atom. The molecule has 0 atom stereocenters. The molecule has 0 aliphatic carbocycles. The van der Waals surface area contributed by atoms with Crippen molar-refractivity contribution in [1.82, 2.24) is 0 Å². The molecule has 0 unspecified atom stereocenters. The third-order valence-electron chi connectivity index (χ3n) is 10.6. The second-order valence-corrected chi connectivity index (χ2v) is 13.9. The molecular formula is C51H35N. The molecule has 0 N–H and O–H groups in total. The van der Waals surface area contributed by atoms with Crippen LogP contribution in [-0.2, 0) is 0 Å². The van der Waals surface area contributed by atoms with Crippen molar-refractivity contribution in [2.45, 2.75) is 6.92 Å². The van der Waals surface area contributed by atoms with Crippen molar-refractivity contribution in [3.8, 4) is 22.3 Å². The van der Waals surface area contributed by atoms with Crippen molar-refractivity contribution >= 4 is 70.9 Å². The van der Waals surface area contributed by atoms with Crippen LogP contribution in [0, 0.1) is 6.92 Å². The third kappa shape index (κ3) is 5.10. The third-order valence-corrected chi connectivity index (χ3v) is 10.6. The maximum absolute atomic E-state index is 2.42. The Labute approximate surface area is 303 Å². The van der Waals surface area contributed by atoms with E-state index in [1.54, 1.807) is 0 Å². The van der Waals surface area contributed by atoms with E-state index in [4.69, 9.17) is 0 Å². The quantitative estimate of drug-likeness (QED) is 0.166. The number of anilines is 3. The van der Waals surface area contributed by atoms with Crippen LogP contribution in [0.1, 0.15) is 5.56 Å². The lowest BCUT2D eigenvalue weighted by Crippen LogP contribution is -2.09. The predicted octanol–water partition coefficient (Wildman–Crippen LogP) is 14.6. The first-order valence-corrected chi connectivity index (χ1v) is 18.0. The average Bonchev–Trinajstić information content (AvgIpc) is 3.21. The van der Waals surface area contributed by atoms with E-state index in [1.165, 1.54) is 81.7 Å². The van der Waals surface area contributed by atoms with Crippen LogP contribution < -0.4 is 4.90 Å². The van der Waals surface area contributed by atoms with Gasteiger partial charge in [0.1, 0.15) is 0 Å². The van der Waals surface area contributed by atoms with Gasteiger partial charge in [-0.15, -0.1) is 0 Å². The number of aryl methyl sites for hydroxylation is 1. The minimum absolute atomic E-state index is 1.14. The molecule has 0 radical (unpaired) electrons. The number of benzene rings is 10. The summed E-state index contributed by atoms with van der Waals surface area (Å²) in [4.78, 5) is 2.33. The SMILES string of the molecule is Cc1ccc(N(c2ccccc2)c2ccc3cc(-c4cc5cc(-c6ccc7ccccc7c6)c6ccccc6c5c5ccccc45)ccc3c2)cc1. The van der Waals surface area contributed by atoms with E-state index in [1.807, 2.05) is 0 Å². The summed E-state index contributed by atoms with van der Waals surface area (Å²) in [6.45, 7) is 2.13. The fourth-order valence-corrected chi connectivity index (χ4v) is 8.07. The van der Waals surface area contributed by atoms with Gasteiger partial charge in [-0.25, -0.2) is 0 Å². The zero-order chi connectivity index (χ0) is 34.6. The van der Waals surface area contributed by atoms with E-state index in [9.17, 15) is 0 Å². The number of nitrogens with zero attached hydrogens (tertiary/aromatic N) is 1. The van der Waals surface area contributed by atoms with Crippen molar-refractivity contribution in [2.75, 3.05) is 4.90 Å². The Kier molecular flexibility index (Phi) is 7.11. The van der Waals surface area contributed by atoms with E-state index in [0.29, 0.717) is 0 Å². The molecule has 1 heteroatoms. The van der Waals surface area contributed by atoms with Crippen LogP contribution in [0.4, 0.5) is 17.1 Å². The molecule has 52 heavy (non-hydrogen) atoms. The monoisotopic (exact) mass is 661 g/mol. The van der Waals surface area contributed by atoms with E-state index >= 15 is 0 Å². The highest BCUT2D eigenvalue weighted by Gasteiger charge is 2.16. The van der Waals surface area contributed by atoms with Gasteiger partial charge in [-0.05, 0) is 144 Å². The maximum Gasteiger partial charge on any atom is 0.0468 e. The summed E-state index contributed by atoms with van der Waals surface area (Å²) in [7, 11) is 0. The van der Waals surface area contributed by atoms with Crippen LogP contribution in [0.3, 0.4) is 0 Å². The fraction of sp³-hybridized carbons (Fsp3) is 0.0196. The van der Waals surface area contributed by atoms with Gasteiger partial charge >= 0.3 is 0 Å². The van der Waals surface area contributed by atoms with Crippen molar-refractivity contribution in [3.05, 3.63) is 200 Å². The molecule has 0 bridgehead atoms. The van der Waals surface area contributed by atoms with Gasteiger partial charge in [0.2, 0.25) is 0 Å². The maximum atomic E-state index is 2.42. The topological polar surface area (TPSA) is 3.24 Å². The summed E-state index contributed by atoms with van der Waals surface area (Å²) in [6, 6.07) is 71.3. The molecule has 10 rings (SSSR count). The van der Waals surface area contributed by atoms with Gasteiger partial charge in [-0.2, -0.15) is 0 Å². The van der Waals surface area contributed by atoms with Crippen molar-refractivity contribution < 1.29 is 0 Å². The Balaban J connectivity index is 1.14. The Hall–Kier alpha value is -6.70. The summed E-state index contributed by atoms with van der Waals surface area (Å²) in [5.41, 5.74) is 9.64. The van der Waals surface area contributed by atoms with Crippen LogP contribution in [-0.4, -0.2) is 0 Å². The van der Waals surface area contributed by atoms with Crippen LogP contribution in [0.5, 0.6) is 0 Å². The van der Waals surface area contributed by atoms with Gasteiger partial charge in [0.25, 0.3) is 0 Å². The van der Waals surface area contributed by atoms with Crippen LogP contribution in [0.25, 0.3) is 76.1 Å². The average molecular weight is 662 g/mol. The van der Waals surface area contributed by atoms with Crippen LogP contribution >= 0.6 is 0 Å². The minimum Gasteiger partial charge on any atom is -0.310 e. The summed E-state index contributed by atoms with van der Waals surface area (Å²) in [5, 5.41) is 12.6. The Bertz CT molecular complexity index is 2960. The lowest BCUT2D eigenvalue weighted by molar-refractivity contribution is 1.28. The molecule has 0 fully saturated rings. The van der Waals surface area contributed by atoms with Crippen LogP contribution in [0.2, 0.25) is 0 Å². The van der Waals surface area contributed by atoms with Crippen molar-refractivity contribution in [2.24, 2.45) is 0 Å². The molecule has 1 nitrogen and oxygen atoms in total. The molecular weight excluding hydrogens is 627 g/mol.